The van der Waals surface area contributed by atoms with Crippen LogP contribution in [0.4, 0.5) is 0 Å². The zero-order valence-corrected chi connectivity index (χ0v) is 13.6. The van der Waals surface area contributed by atoms with Gasteiger partial charge >= 0.3 is 0 Å². The van der Waals surface area contributed by atoms with E-state index in [0.717, 1.165) is 29.3 Å². The fourth-order valence-electron chi connectivity index (χ4n) is 1.81. The van der Waals surface area contributed by atoms with Gasteiger partial charge in [0, 0.05) is 29.3 Å². The molecule has 0 radical (unpaired) electrons. The van der Waals surface area contributed by atoms with Crippen LogP contribution in [0.2, 0.25) is 0 Å². The summed E-state index contributed by atoms with van der Waals surface area (Å²) in [6.45, 7) is 4.87. The van der Waals surface area contributed by atoms with Gasteiger partial charge in [-0.15, -0.1) is 11.3 Å². The number of rotatable bonds is 6. The van der Waals surface area contributed by atoms with Gasteiger partial charge in [0.15, 0.2) is 0 Å². The molecular formula is C12H20N2O2S3. The first-order valence-electron chi connectivity index (χ1n) is 6.39. The molecule has 2 rings (SSSR count). The van der Waals surface area contributed by atoms with Gasteiger partial charge in [0.1, 0.15) is 4.21 Å². The molecule has 1 saturated heterocycles. The van der Waals surface area contributed by atoms with Crippen LogP contribution >= 0.6 is 23.1 Å². The van der Waals surface area contributed by atoms with Gasteiger partial charge in [-0.1, -0.05) is 13.8 Å². The lowest BCUT2D eigenvalue weighted by atomic mass is 10.3. The van der Waals surface area contributed by atoms with E-state index in [1.54, 1.807) is 17.8 Å². The molecule has 1 aliphatic heterocycles. The molecule has 0 bridgehead atoms. The summed E-state index contributed by atoms with van der Waals surface area (Å²) in [5, 5.41) is 3.29. The molecule has 7 heteroatoms. The molecule has 4 nitrogen and oxygen atoms in total. The molecule has 0 aliphatic carbocycles. The zero-order valence-electron chi connectivity index (χ0n) is 11.2. The Balaban J connectivity index is 1.99. The third-order valence-electron chi connectivity index (χ3n) is 2.84. The van der Waals surface area contributed by atoms with Crippen molar-refractivity contribution in [1.82, 2.24) is 10.0 Å². The van der Waals surface area contributed by atoms with Crippen molar-refractivity contribution < 1.29 is 8.42 Å². The number of hydrogen-bond acceptors (Lipinski definition) is 5. The van der Waals surface area contributed by atoms with Crippen molar-refractivity contribution in [1.29, 1.82) is 0 Å². The highest BCUT2D eigenvalue weighted by molar-refractivity contribution is 7.99. The minimum atomic E-state index is -3.33. The van der Waals surface area contributed by atoms with E-state index in [1.165, 1.54) is 11.3 Å². The normalized spacial score (nSPS) is 20.3. The topological polar surface area (TPSA) is 58.2 Å². The van der Waals surface area contributed by atoms with Gasteiger partial charge in [-0.3, -0.25) is 0 Å². The standard InChI is InChI=1S/C12H20N2O2S3/c1-9(2)13-7-11-3-4-12(18-11)19(15,16)14-10-5-6-17-8-10/h3-4,9-10,13-14H,5-8H2,1-2H3. The lowest BCUT2D eigenvalue weighted by molar-refractivity contribution is 0.565. The Hall–Kier alpha value is -0.0800. The molecule has 1 fully saturated rings. The maximum atomic E-state index is 12.2. The molecule has 1 atom stereocenters. The predicted molar refractivity (Wildman–Crippen MR) is 82.3 cm³/mol. The average Bonchev–Trinajstić information content (AvgIpc) is 2.96. The molecule has 0 amide bonds. The van der Waals surface area contributed by atoms with E-state index in [9.17, 15) is 8.42 Å². The quantitative estimate of drug-likeness (QED) is 0.842. The number of thioether (sulfide) groups is 1. The SMILES string of the molecule is CC(C)NCc1ccc(S(=O)(=O)NC2CCSC2)s1. The third-order valence-corrected chi connectivity index (χ3v) is 7.10. The number of hydrogen-bond donors (Lipinski definition) is 2. The van der Waals surface area contributed by atoms with Crippen LogP contribution in [0, 0.1) is 0 Å². The molecule has 19 heavy (non-hydrogen) atoms. The predicted octanol–water partition coefficient (Wildman–Crippen LogP) is 2.03. The smallest absolute Gasteiger partial charge is 0.250 e. The third kappa shape index (κ3) is 4.46. The van der Waals surface area contributed by atoms with Gasteiger partial charge < -0.3 is 5.32 Å². The highest BCUT2D eigenvalue weighted by atomic mass is 32.2. The van der Waals surface area contributed by atoms with Crippen LogP contribution in [-0.2, 0) is 16.6 Å². The zero-order chi connectivity index (χ0) is 13.9. The second-order valence-corrected chi connectivity index (χ2v) is 9.20. The highest BCUT2D eigenvalue weighted by Crippen LogP contribution is 2.24. The minimum Gasteiger partial charge on any atom is -0.310 e. The van der Waals surface area contributed by atoms with Crippen LogP contribution in [0.15, 0.2) is 16.3 Å². The Bertz CT molecular complexity index is 505. The van der Waals surface area contributed by atoms with Crippen molar-refractivity contribution in [2.75, 3.05) is 11.5 Å². The summed E-state index contributed by atoms with van der Waals surface area (Å²) < 4.78 is 27.6. The Morgan fingerprint density at radius 2 is 2.21 bits per heavy atom. The number of sulfonamides is 1. The first-order valence-corrected chi connectivity index (χ1v) is 9.85. The van der Waals surface area contributed by atoms with Gasteiger partial charge in [-0.25, -0.2) is 13.1 Å². The maximum Gasteiger partial charge on any atom is 0.250 e. The van der Waals surface area contributed by atoms with Crippen LogP contribution in [0.5, 0.6) is 0 Å². The molecule has 1 aromatic rings. The Labute approximate surface area is 123 Å². The van der Waals surface area contributed by atoms with E-state index in [0.29, 0.717) is 10.3 Å². The van der Waals surface area contributed by atoms with Crippen molar-refractivity contribution in [3.8, 4) is 0 Å². The fourth-order valence-corrected chi connectivity index (χ4v) is 5.66. The van der Waals surface area contributed by atoms with E-state index in [-0.39, 0.29) is 6.04 Å². The van der Waals surface area contributed by atoms with Gasteiger partial charge in [0.2, 0.25) is 10.0 Å². The Kier molecular flexibility index (Phi) is 5.30. The lowest BCUT2D eigenvalue weighted by Crippen LogP contribution is -2.34. The first-order chi connectivity index (χ1) is 8.97. The molecule has 2 N–H and O–H groups in total. The van der Waals surface area contributed by atoms with Crippen LogP contribution in [0.3, 0.4) is 0 Å². The van der Waals surface area contributed by atoms with E-state index >= 15 is 0 Å². The molecular weight excluding hydrogens is 300 g/mol. The largest absolute Gasteiger partial charge is 0.310 e. The summed E-state index contributed by atoms with van der Waals surface area (Å²) in [4.78, 5) is 1.05. The molecule has 1 unspecified atom stereocenters. The molecule has 2 heterocycles. The van der Waals surface area contributed by atoms with E-state index in [1.807, 2.05) is 6.07 Å². The maximum absolute atomic E-state index is 12.2. The number of nitrogens with one attached hydrogen (secondary N) is 2. The van der Waals surface area contributed by atoms with E-state index in [4.69, 9.17) is 0 Å². The van der Waals surface area contributed by atoms with Gasteiger partial charge in [-0.05, 0) is 24.3 Å². The molecule has 1 aromatic heterocycles. The summed E-state index contributed by atoms with van der Waals surface area (Å²) in [5.41, 5.74) is 0. The lowest BCUT2D eigenvalue weighted by Gasteiger charge is -2.10. The van der Waals surface area contributed by atoms with Crippen molar-refractivity contribution in [3.05, 3.63) is 17.0 Å². The van der Waals surface area contributed by atoms with Crippen molar-refractivity contribution in [3.63, 3.8) is 0 Å². The van der Waals surface area contributed by atoms with E-state index < -0.39 is 10.0 Å². The summed E-state index contributed by atoms with van der Waals surface area (Å²) in [6.07, 6.45) is 0.928. The summed E-state index contributed by atoms with van der Waals surface area (Å²) >= 11 is 3.15. The number of thiophene rings is 1. The average molecular weight is 321 g/mol. The monoisotopic (exact) mass is 320 g/mol. The van der Waals surface area contributed by atoms with Gasteiger partial charge in [0.05, 0.1) is 0 Å². The van der Waals surface area contributed by atoms with E-state index in [2.05, 4.69) is 23.9 Å². The van der Waals surface area contributed by atoms with Gasteiger partial charge in [-0.2, -0.15) is 11.8 Å². The van der Waals surface area contributed by atoms with Gasteiger partial charge in [0.25, 0.3) is 0 Å². The second-order valence-electron chi connectivity index (χ2n) is 4.94. The summed E-state index contributed by atoms with van der Waals surface area (Å²) in [5.74, 6) is 1.92. The molecule has 0 aromatic carbocycles. The molecule has 1 aliphatic rings. The first kappa shape index (κ1) is 15.3. The van der Waals surface area contributed by atoms with Crippen molar-refractivity contribution in [2.45, 2.75) is 43.1 Å². The Morgan fingerprint density at radius 3 is 2.84 bits per heavy atom. The van der Waals surface area contributed by atoms with Crippen LogP contribution in [-0.4, -0.2) is 32.0 Å². The Morgan fingerprint density at radius 1 is 1.42 bits per heavy atom. The highest BCUT2D eigenvalue weighted by Gasteiger charge is 2.24. The molecule has 108 valence electrons. The van der Waals surface area contributed by atoms with Crippen molar-refractivity contribution in [2.24, 2.45) is 0 Å². The summed E-state index contributed by atoms with van der Waals surface area (Å²) in [6, 6.07) is 4.08. The van der Waals surface area contributed by atoms with Crippen LogP contribution in [0.25, 0.3) is 0 Å². The van der Waals surface area contributed by atoms with Crippen LogP contribution < -0.4 is 10.0 Å². The summed E-state index contributed by atoms with van der Waals surface area (Å²) in [7, 11) is -3.33. The molecule has 0 saturated carbocycles. The van der Waals surface area contributed by atoms with Crippen LogP contribution in [0.1, 0.15) is 25.1 Å². The minimum absolute atomic E-state index is 0.0920. The molecule has 0 spiro atoms. The fraction of sp³-hybridized carbons (Fsp3) is 0.667. The van der Waals surface area contributed by atoms with Crippen molar-refractivity contribution >= 4 is 33.1 Å². The second kappa shape index (κ2) is 6.58.